The minimum atomic E-state index is -0.0656. The largest absolute Gasteiger partial charge is 0.330 e. The highest BCUT2D eigenvalue weighted by atomic mass is 16.1. The molecule has 0 saturated heterocycles. The summed E-state index contributed by atoms with van der Waals surface area (Å²) in [6, 6.07) is 0. The lowest BCUT2D eigenvalue weighted by Gasteiger charge is -2.08. The molecule has 1 aromatic heterocycles. The van der Waals surface area contributed by atoms with Gasteiger partial charge in [0.2, 0.25) is 0 Å². The van der Waals surface area contributed by atoms with Crippen molar-refractivity contribution in [2.75, 3.05) is 6.54 Å². The molecule has 1 atom stereocenters. The Bertz CT molecular complexity index is 289. The van der Waals surface area contributed by atoms with Crippen LogP contribution >= 0.6 is 0 Å². The third-order valence-electron chi connectivity index (χ3n) is 2.14. The van der Waals surface area contributed by atoms with Gasteiger partial charge in [0.05, 0.1) is 11.8 Å². The Morgan fingerprint density at radius 2 is 2.46 bits per heavy atom. The van der Waals surface area contributed by atoms with Gasteiger partial charge in [0.15, 0.2) is 5.78 Å². The Morgan fingerprint density at radius 1 is 1.77 bits per heavy atom. The number of nitrogens with two attached hydrogens (primary N) is 1. The third kappa shape index (κ3) is 2.15. The second kappa shape index (κ2) is 4.18. The molecule has 0 radical (unpaired) electrons. The molecule has 0 bridgehead atoms. The van der Waals surface area contributed by atoms with Gasteiger partial charge in [0, 0.05) is 25.7 Å². The number of aryl methyl sites for hydroxylation is 1. The third-order valence-corrected chi connectivity index (χ3v) is 2.14. The van der Waals surface area contributed by atoms with Crippen LogP contribution in [-0.4, -0.2) is 22.1 Å². The van der Waals surface area contributed by atoms with Gasteiger partial charge in [0.25, 0.3) is 0 Å². The van der Waals surface area contributed by atoms with Crippen molar-refractivity contribution >= 4 is 5.78 Å². The highest BCUT2D eigenvalue weighted by molar-refractivity contribution is 5.97. The quantitative estimate of drug-likeness (QED) is 0.691. The molecule has 0 amide bonds. The summed E-state index contributed by atoms with van der Waals surface area (Å²) in [6.07, 6.45) is 4.09. The zero-order valence-corrected chi connectivity index (χ0v) is 8.03. The van der Waals surface area contributed by atoms with Crippen LogP contribution in [0.2, 0.25) is 0 Å². The van der Waals surface area contributed by atoms with E-state index >= 15 is 0 Å². The van der Waals surface area contributed by atoms with Crippen LogP contribution in [0.25, 0.3) is 0 Å². The lowest BCUT2D eigenvalue weighted by Crippen LogP contribution is -2.22. The minimum Gasteiger partial charge on any atom is -0.330 e. The van der Waals surface area contributed by atoms with Crippen molar-refractivity contribution in [3.05, 3.63) is 18.0 Å². The van der Waals surface area contributed by atoms with Crippen molar-refractivity contribution in [2.45, 2.75) is 13.3 Å². The molecule has 0 fully saturated rings. The number of hydrogen-bond acceptors (Lipinski definition) is 3. The molecular formula is C9H15N3O. The van der Waals surface area contributed by atoms with Gasteiger partial charge in [-0.3, -0.25) is 9.48 Å². The first kappa shape index (κ1) is 9.92. The van der Waals surface area contributed by atoms with E-state index in [4.69, 9.17) is 5.73 Å². The first-order valence-corrected chi connectivity index (χ1v) is 4.42. The van der Waals surface area contributed by atoms with E-state index in [0.717, 1.165) is 6.42 Å². The topological polar surface area (TPSA) is 60.9 Å². The Hall–Kier alpha value is -1.16. The molecule has 0 saturated carbocycles. The standard InChI is InChI=1S/C9H15N3O/c1-3-7(4-10)9(13)8-5-11-12(2)6-8/h5-7H,3-4,10H2,1-2H3. The van der Waals surface area contributed by atoms with E-state index in [1.165, 1.54) is 0 Å². The summed E-state index contributed by atoms with van der Waals surface area (Å²) in [6.45, 7) is 2.37. The van der Waals surface area contributed by atoms with Gasteiger partial charge in [-0.1, -0.05) is 6.92 Å². The van der Waals surface area contributed by atoms with Crippen LogP contribution in [-0.2, 0) is 7.05 Å². The molecule has 0 aliphatic heterocycles. The lowest BCUT2D eigenvalue weighted by atomic mass is 9.98. The number of nitrogens with zero attached hydrogens (tertiary/aromatic N) is 2. The predicted octanol–water partition coefficient (Wildman–Crippen LogP) is 0.588. The summed E-state index contributed by atoms with van der Waals surface area (Å²) in [5.74, 6) is 0.0299. The highest BCUT2D eigenvalue weighted by Crippen LogP contribution is 2.09. The molecule has 0 aromatic carbocycles. The normalized spacial score (nSPS) is 12.8. The van der Waals surface area contributed by atoms with E-state index in [0.29, 0.717) is 12.1 Å². The highest BCUT2D eigenvalue weighted by Gasteiger charge is 2.17. The summed E-state index contributed by atoms with van der Waals surface area (Å²) in [7, 11) is 1.79. The fraction of sp³-hybridized carbons (Fsp3) is 0.556. The van der Waals surface area contributed by atoms with Crippen LogP contribution in [0.1, 0.15) is 23.7 Å². The SMILES string of the molecule is CCC(CN)C(=O)c1cnn(C)c1. The maximum atomic E-state index is 11.7. The monoisotopic (exact) mass is 181 g/mol. The Balaban J connectivity index is 2.78. The number of ketones is 1. The van der Waals surface area contributed by atoms with Crippen LogP contribution in [0.5, 0.6) is 0 Å². The second-order valence-corrected chi connectivity index (χ2v) is 3.11. The van der Waals surface area contributed by atoms with E-state index in [2.05, 4.69) is 5.10 Å². The molecule has 1 rings (SSSR count). The van der Waals surface area contributed by atoms with Crippen LogP contribution < -0.4 is 5.73 Å². The molecule has 2 N–H and O–H groups in total. The average molecular weight is 181 g/mol. The molecule has 1 aromatic rings. The van der Waals surface area contributed by atoms with Crippen LogP contribution in [0.3, 0.4) is 0 Å². The van der Waals surface area contributed by atoms with E-state index in [9.17, 15) is 4.79 Å². The minimum absolute atomic E-state index is 0.0656. The maximum Gasteiger partial charge on any atom is 0.170 e. The molecule has 72 valence electrons. The fourth-order valence-electron chi connectivity index (χ4n) is 1.24. The van der Waals surface area contributed by atoms with Gasteiger partial charge in [-0.05, 0) is 6.42 Å². The maximum absolute atomic E-state index is 11.7. The summed E-state index contributed by atoms with van der Waals surface area (Å²) in [5.41, 5.74) is 6.13. The van der Waals surface area contributed by atoms with Crippen LogP contribution in [0.15, 0.2) is 12.4 Å². The number of carbonyl (C=O) groups is 1. The summed E-state index contributed by atoms with van der Waals surface area (Å²) in [5, 5.41) is 3.94. The van der Waals surface area contributed by atoms with E-state index in [1.807, 2.05) is 6.92 Å². The number of aromatic nitrogens is 2. The van der Waals surface area contributed by atoms with Gasteiger partial charge in [-0.2, -0.15) is 5.10 Å². The van der Waals surface area contributed by atoms with Gasteiger partial charge in [0.1, 0.15) is 0 Å². The molecule has 0 aliphatic rings. The molecular weight excluding hydrogens is 166 g/mol. The first-order chi connectivity index (χ1) is 6.19. The van der Waals surface area contributed by atoms with Crippen molar-refractivity contribution in [2.24, 2.45) is 18.7 Å². The molecule has 1 heterocycles. The summed E-state index contributed by atoms with van der Waals surface area (Å²) < 4.78 is 1.62. The number of carbonyl (C=O) groups excluding carboxylic acids is 1. The molecule has 4 heteroatoms. The van der Waals surface area contributed by atoms with Crippen LogP contribution in [0.4, 0.5) is 0 Å². The number of rotatable bonds is 4. The Labute approximate surface area is 77.7 Å². The van der Waals surface area contributed by atoms with Crippen molar-refractivity contribution in [3.8, 4) is 0 Å². The van der Waals surface area contributed by atoms with Gasteiger partial charge in [-0.25, -0.2) is 0 Å². The molecule has 0 aliphatic carbocycles. The Morgan fingerprint density at radius 3 is 2.85 bits per heavy atom. The van der Waals surface area contributed by atoms with Gasteiger partial charge < -0.3 is 5.73 Å². The lowest BCUT2D eigenvalue weighted by molar-refractivity contribution is 0.0921. The smallest absolute Gasteiger partial charge is 0.170 e. The Kier molecular flexibility index (Phi) is 3.19. The van der Waals surface area contributed by atoms with Crippen LogP contribution in [0, 0.1) is 5.92 Å². The first-order valence-electron chi connectivity index (χ1n) is 4.42. The van der Waals surface area contributed by atoms with E-state index < -0.39 is 0 Å². The molecule has 13 heavy (non-hydrogen) atoms. The average Bonchev–Trinajstić information content (AvgIpc) is 2.54. The summed E-state index contributed by atoms with van der Waals surface area (Å²) in [4.78, 5) is 11.7. The second-order valence-electron chi connectivity index (χ2n) is 3.11. The van der Waals surface area contributed by atoms with Crippen molar-refractivity contribution in [1.82, 2.24) is 9.78 Å². The fourth-order valence-corrected chi connectivity index (χ4v) is 1.24. The molecule has 0 spiro atoms. The van der Waals surface area contributed by atoms with Gasteiger partial charge >= 0.3 is 0 Å². The van der Waals surface area contributed by atoms with Crippen molar-refractivity contribution < 1.29 is 4.79 Å². The molecule has 4 nitrogen and oxygen atoms in total. The van der Waals surface area contributed by atoms with Gasteiger partial charge in [-0.15, -0.1) is 0 Å². The number of Topliss-reactive ketones (excluding diaryl/α,β-unsaturated/α-hetero) is 1. The summed E-state index contributed by atoms with van der Waals surface area (Å²) >= 11 is 0. The van der Waals surface area contributed by atoms with E-state index in [1.54, 1.807) is 24.1 Å². The molecule has 1 unspecified atom stereocenters. The zero-order valence-electron chi connectivity index (χ0n) is 8.03. The van der Waals surface area contributed by atoms with Crippen molar-refractivity contribution in [1.29, 1.82) is 0 Å². The zero-order chi connectivity index (χ0) is 9.84. The van der Waals surface area contributed by atoms with E-state index in [-0.39, 0.29) is 11.7 Å². The van der Waals surface area contributed by atoms with Crippen molar-refractivity contribution in [3.63, 3.8) is 0 Å². The predicted molar refractivity (Wildman–Crippen MR) is 50.4 cm³/mol. The number of hydrogen-bond donors (Lipinski definition) is 1.